The normalized spacial score (nSPS) is 13.5. The molecule has 4 aliphatic rings. The average Bonchev–Trinajstić information content (AvgIpc) is 3.29. The predicted octanol–water partition coefficient (Wildman–Crippen LogP) is 9.91. The van der Waals surface area contributed by atoms with Crippen molar-refractivity contribution in [3.05, 3.63) is 129 Å². The lowest BCUT2D eigenvalue weighted by Gasteiger charge is -2.20. The van der Waals surface area contributed by atoms with Crippen molar-refractivity contribution in [2.45, 2.75) is 51.9 Å². The van der Waals surface area contributed by atoms with Crippen LogP contribution in [-0.2, 0) is 31.1 Å². The molecule has 4 aromatic carbocycles. The lowest BCUT2D eigenvalue weighted by atomic mass is 9.88. The molecule has 3 nitrogen and oxygen atoms in total. The van der Waals surface area contributed by atoms with E-state index in [0.29, 0.717) is 0 Å². The molecule has 0 amide bonds. The number of nitrogens with zero attached hydrogens (tertiary/aromatic N) is 2. The maximum absolute atomic E-state index is 6.38. The van der Waals surface area contributed by atoms with Gasteiger partial charge in [0.25, 0.3) is 0 Å². The van der Waals surface area contributed by atoms with Gasteiger partial charge in [0.2, 0.25) is 0 Å². The van der Waals surface area contributed by atoms with E-state index in [0.717, 1.165) is 53.0 Å². The number of ether oxygens (including phenoxy) is 1. The number of halogens is 1. The van der Waals surface area contributed by atoms with Crippen LogP contribution in [0.1, 0.15) is 48.6 Å². The molecule has 0 unspecified atom stereocenters. The fourth-order valence-electron chi connectivity index (χ4n) is 6.08. The Hall–Kier alpha value is -3.89. The molecule has 0 spiro atoms. The van der Waals surface area contributed by atoms with Gasteiger partial charge in [-0.3, -0.25) is 4.57 Å². The summed E-state index contributed by atoms with van der Waals surface area (Å²) in [4.78, 5) is 4.97. The SMILES string of the molecule is CC(C)(C)c1ccnc(-n2c3cc(Oc4cccc(Br)c4)ccc3c3c4ccc(c32)CCc2ccc(cc2)CC4)c1. The minimum absolute atomic E-state index is 0.0160. The van der Waals surface area contributed by atoms with Gasteiger partial charge < -0.3 is 4.74 Å². The average molecular weight is 602 g/mol. The van der Waals surface area contributed by atoms with E-state index in [-0.39, 0.29) is 5.41 Å². The van der Waals surface area contributed by atoms with Crippen LogP contribution in [0.2, 0.25) is 0 Å². The summed E-state index contributed by atoms with van der Waals surface area (Å²) in [6.45, 7) is 6.78. The molecule has 0 radical (unpaired) electrons. The smallest absolute Gasteiger partial charge is 0.137 e. The molecule has 0 aliphatic heterocycles. The van der Waals surface area contributed by atoms with Gasteiger partial charge in [0.1, 0.15) is 17.3 Å². The van der Waals surface area contributed by atoms with Crippen molar-refractivity contribution in [2.75, 3.05) is 0 Å². The van der Waals surface area contributed by atoms with Crippen LogP contribution in [0.4, 0.5) is 0 Å². The third kappa shape index (κ3) is 4.95. The minimum atomic E-state index is 0.0160. The van der Waals surface area contributed by atoms with E-state index in [2.05, 4.69) is 108 Å². The van der Waals surface area contributed by atoms with Crippen LogP contribution < -0.4 is 4.74 Å². The standard InChI is InChI=1S/C37H33BrN2O/c1-37(2,3)28-19-20-39-34(21-28)40-33-23-31(41-30-6-4-5-29(38)22-30)17-18-32(33)35-26-13-11-24-7-9-25(10-8-24)12-14-27(16-15-26)36(35)40/h4-10,15-23H,11-14H2,1-3H3. The van der Waals surface area contributed by atoms with Crippen LogP contribution in [0.15, 0.2) is 102 Å². The predicted molar refractivity (Wildman–Crippen MR) is 173 cm³/mol. The monoisotopic (exact) mass is 600 g/mol. The van der Waals surface area contributed by atoms with Crippen LogP contribution in [-0.4, -0.2) is 9.55 Å². The van der Waals surface area contributed by atoms with Crippen molar-refractivity contribution in [3.8, 4) is 17.3 Å². The molecule has 6 aromatic rings. The first-order chi connectivity index (χ1) is 19.8. The quantitative estimate of drug-likeness (QED) is 0.202. The Morgan fingerprint density at radius 2 is 1.44 bits per heavy atom. The molecule has 4 heteroatoms. The number of rotatable bonds is 3. The van der Waals surface area contributed by atoms with Crippen molar-refractivity contribution < 1.29 is 4.74 Å². The molecule has 0 N–H and O–H groups in total. The molecule has 2 aromatic heterocycles. The molecule has 0 atom stereocenters. The Morgan fingerprint density at radius 3 is 2.17 bits per heavy atom. The molecular formula is C37H33BrN2O. The summed E-state index contributed by atoms with van der Waals surface area (Å²) >= 11 is 3.57. The fraction of sp³-hybridized carbons (Fsp3) is 0.216. The number of benzene rings is 4. The lowest BCUT2D eigenvalue weighted by Crippen LogP contribution is -2.12. The fourth-order valence-corrected chi connectivity index (χ4v) is 6.45. The molecule has 10 rings (SSSR count). The van der Waals surface area contributed by atoms with Gasteiger partial charge in [0.05, 0.1) is 11.0 Å². The van der Waals surface area contributed by atoms with Crippen LogP contribution in [0.25, 0.3) is 27.6 Å². The molecule has 4 aliphatic carbocycles. The van der Waals surface area contributed by atoms with Crippen LogP contribution in [0.5, 0.6) is 11.5 Å². The molecule has 4 bridgehead atoms. The second-order valence-corrected chi connectivity index (χ2v) is 13.1. The summed E-state index contributed by atoms with van der Waals surface area (Å²) in [7, 11) is 0. The van der Waals surface area contributed by atoms with E-state index < -0.39 is 0 Å². The maximum atomic E-state index is 6.38. The third-order valence-electron chi connectivity index (χ3n) is 8.31. The summed E-state index contributed by atoms with van der Waals surface area (Å²) in [5.74, 6) is 2.56. The van der Waals surface area contributed by atoms with Crippen LogP contribution in [0.3, 0.4) is 0 Å². The van der Waals surface area contributed by atoms with E-state index >= 15 is 0 Å². The van der Waals surface area contributed by atoms with E-state index in [1.165, 1.54) is 44.1 Å². The summed E-state index contributed by atoms with van der Waals surface area (Å²) in [6.07, 6.45) is 5.93. The molecule has 0 saturated carbocycles. The van der Waals surface area contributed by atoms with Crippen molar-refractivity contribution in [2.24, 2.45) is 0 Å². The molecule has 2 heterocycles. The maximum Gasteiger partial charge on any atom is 0.137 e. The van der Waals surface area contributed by atoms with E-state index in [4.69, 9.17) is 9.72 Å². The highest BCUT2D eigenvalue weighted by molar-refractivity contribution is 9.10. The second-order valence-electron chi connectivity index (χ2n) is 12.2. The van der Waals surface area contributed by atoms with Crippen LogP contribution >= 0.6 is 15.9 Å². The first-order valence-corrected chi connectivity index (χ1v) is 15.2. The molecular weight excluding hydrogens is 568 g/mol. The zero-order valence-electron chi connectivity index (χ0n) is 23.7. The molecule has 41 heavy (non-hydrogen) atoms. The Kier molecular flexibility index (Phi) is 6.47. The van der Waals surface area contributed by atoms with Gasteiger partial charge in [-0.05, 0) is 101 Å². The number of aryl methyl sites for hydroxylation is 4. The Balaban J connectivity index is 1.50. The third-order valence-corrected chi connectivity index (χ3v) is 8.81. The summed E-state index contributed by atoms with van der Waals surface area (Å²) < 4.78 is 9.76. The van der Waals surface area contributed by atoms with Crippen molar-refractivity contribution in [1.29, 1.82) is 0 Å². The van der Waals surface area contributed by atoms with E-state index in [1.54, 1.807) is 0 Å². The first kappa shape index (κ1) is 26.0. The van der Waals surface area contributed by atoms with Gasteiger partial charge in [0.15, 0.2) is 0 Å². The van der Waals surface area contributed by atoms with Gasteiger partial charge in [-0.15, -0.1) is 0 Å². The van der Waals surface area contributed by atoms with Crippen LogP contribution in [0, 0.1) is 0 Å². The van der Waals surface area contributed by atoms with E-state index in [1.807, 2.05) is 30.5 Å². The lowest BCUT2D eigenvalue weighted by molar-refractivity contribution is 0.483. The van der Waals surface area contributed by atoms with Crippen molar-refractivity contribution >= 4 is 37.7 Å². The Labute approximate surface area is 249 Å². The topological polar surface area (TPSA) is 27.1 Å². The molecule has 204 valence electrons. The highest BCUT2D eigenvalue weighted by Crippen LogP contribution is 2.40. The number of hydrogen-bond acceptors (Lipinski definition) is 2. The summed E-state index contributed by atoms with van der Waals surface area (Å²) in [5.41, 5.74) is 9.17. The largest absolute Gasteiger partial charge is 0.457 e. The number of pyridine rings is 1. The van der Waals surface area contributed by atoms with Gasteiger partial charge >= 0.3 is 0 Å². The highest BCUT2D eigenvalue weighted by atomic mass is 79.9. The Bertz CT molecular complexity index is 1910. The number of hydrogen-bond donors (Lipinski definition) is 0. The molecule has 0 fully saturated rings. The van der Waals surface area contributed by atoms with E-state index in [9.17, 15) is 0 Å². The minimum Gasteiger partial charge on any atom is -0.457 e. The van der Waals surface area contributed by atoms with Gasteiger partial charge in [-0.1, -0.05) is 79.2 Å². The summed E-state index contributed by atoms with van der Waals surface area (Å²) in [6, 6.07) is 32.8. The number of aromatic nitrogens is 2. The van der Waals surface area contributed by atoms with Gasteiger partial charge in [-0.25, -0.2) is 4.98 Å². The summed E-state index contributed by atoms with van der Waals surface area (Å²) in [5, 5.41) is 2.58. The first-order valence-electron chi connectivity index (χ1n) is 14.4. The zero-order chi connectivity index (χ0) is 28.1. The number of fused-ring (bicyclic) bond motifs is 1. The second kappa shape index (κ2) is 10.2. The Morgan fingerprint density at radius 1 is 0.732 bits per heavy atom. The van der Waals surface area contributed by atoms with Gasteiger partial charge in [0, 0.05) is 27.5 Å². The zero-order valence-corrected chi connectivity index (χ0v) is 25.3. The van der Waals surface area contributed by atoms with Crippen molar-refractivity contribution in [1.82, 2.24) is 9.55 Å². The molecule has 0 saturated heterocycles. The van der Waals surface area contributed by atoms with Crippen molar-refractivity contribution in [3.63, 3.8) is 0 Å². The highest BCUT2D eigenvalue weighted by Gasteiger charge is 2.22. The van der Waals surface area contributed by atoms with Gasteiger partial charge in [-0.2, -0.15) is 0 Å².